The number of hydrogen-bond acceptors (Lipinski definition) is 3. The van der Waals surface area contributed by atoms with Crippen LogP contribution in [0.5, 0.6) is 0 Å². The Morgan fingerprint density at radius 3 is 2.61 bits per heavy atom. The molecule has 0 atom stereocenters. The van der Waals surface area contributed by atoms with Crippen LogP contribution in [-0.2, 0) is 11.2 Å². The molecule has 18 heavy (non-hydrogen) atoms. The Labute approximate surface area is 103 Å². The first kappa shape index (κ1) is 12.2. The lowest BCUT2D eigenvalue weighted by atomic mass is 10.1. The molecule has 0 unspecified atom stereocenters. The molecular formula is C13H13NO4. The highest BCUT2D eigenvalue weighted by Gasteiger charge is 2.14. The van der Waals surface area contributed by atoms with Gasteiger partial charge < -0.3 is 14.8 Å². The highest BCUT2D eigenvalue weighted by Crippen LogP contribution is 2.27. The number of aryl methyl sites for hydroxylation is 1. The van der Waals surface area contributed by atoms with Gasteiger partial charge in [-0.25, -0.2) is 4.79 Å². The first-order valence-corrected chi connectivity index (χ1v) is 5.58. The van der Waals surface area contributed by atoms with Crippen molar-refractivity contribution in [3.05, 3.63) is 29.5 Å². The van der Waals surface area contributed by atoms with Gasteiger partial charge in [0.15, 0.2) is 0 Å². The molecule has 2 aromatic rings. The Morgan fingerprint density at radius 1 is 1.33 bits per heavy atom. The van der Waals surface area contributed by atoms with Crippen LogP contribution in [0.15, 0.2) is 22.6 Å². The summed E-state index contributed by atoms with van der Waals surface area (Å²) in [6.07, 6.45) is 0.691. The molecule has 5 nitrogen and oxygen atoms in total. The second-order valence-corrected chi connectivity index (χ2v) is 4.00. The first-order valence-electron chi connectivity index (χ1n) is 5.58. The molecule has 5 heteroatoms. The Bertz CT molecular complexity index is 627. The van der Waals surface area contributed by atoms with Crippen molar-refractivity contribution in [2.75, 3.05) is 5.32 Å². The summed E-state index contributed by atoms with van der Waals surface area (Å²) < 4.78 is 5.30. The average Bonchev–Trinajstić information content (AvgIpc) is 2.70. The Kier molecular flexibility index (Phi) is 3.06. The molecule has 0 fully saturated rings. The summed E-state index contributed by atoms with van der Waals surface area (Å²) in [7, 11) is 0. The van der Waals surface area contributed by atoms with Crippen molar-refractivity contribution >= 4 is 28.5 Å². The minimum absolute atomic E-state index is 0.0975. The highest BCUT2D eigenvalue weighted by molar-refractivity contribution is 5.96. The number of carboxylic acids is 1. The lowest BCUT2D eigenvalue weighted by Gasteiger charge is -2.05. The summed E-state index contributed by atoms with van der Waals surface area (Å²) in [5.74, 6) is -1.37. The van der Waals surface area contributed by atoms with E-state index in [0.29, 0.717) is 23.1 Å². The molecule has 1 aromatic heterocycles. The van der Waals surface area contributed by atoms with Crippen LogP contribution < -0.4 is 5.32 Å². The Balaban J connectivity index is 2.60. The minimum Gasteiger partial charge on any atom is -0.475 e. The summed E-state index contributed by atoms with van der Waals surface area (Å²) in [4.78, 5) is 21.9. The molecule has 0 aliphatic carbocycles. The molecule has 2 rings (SSSR count). The number of carbonyl (C=O) groups excluding carboxylic acids is 1. The second kappa shape index (κ2) is 4.52. The van der Waals surface area contributed by atoms with Gasteiger partial charge >= 0.3 is 5.97 Å². The lowest BCUT2D eigenvalue weighted by Crippen LogP contribution is -2.05. The molecule has 0 bridgehead atoms. The van der Waals surface area contributed by atoms with Crippen LogP contribution in [0.3, 0.4) is 0 Å². The summed E-state index contributed by atoms with van der Waals surface area (Å²) in [6.45, 7) is 3.36. The monoisotopic (exact) mass is 247 g/mol. The normalized spacial score (nSPS) is 10.6. The molecule has 0 spiro atoms. The van der Waals surface area contributed by atoms with E-state index in [9.17, 15) is 9.59 Å². The molecule has 1 heterocycles. The minimum atomic E-state index is -1.10. The number of carbonyl (C=O) groups is 2. The zero-order valence-electron chi connectivity index (χ0n) is 10.1. The number of benzene rings is 1. The van der Waals surface area contributed by atoms with E-state index in [1.54, 1.807) is 12.1 Å². The molecule has 1 amide bonds. The van der Waals surface area contributed by atoms with Gasteiger partial charge in [-0.15, -0.1) is 0 Å². The van der Waals surface area contributed by atoms with Crippen molar-refractivity contribution < 1.29 is 19.1 Å². The van der Waals surface area contributed by atoms with Crippen molar-refractivity contribution in [1.29, 1.82) is 0 Å². The highest BCUT2D eigenvalue weighted by atomic mass is 16.4. The van der Waals surface area contributed by atoms with E-state index in [4.69, 9.17) is 9.52 Å². The van der Waals surface area contributed by atoms with E-state index in [2.05, 4.69) is 5.32 Å². The topological polar surface area (TPSA) is 79.5 Å². The second-order valence-electron chi connectivity index (χ2n) is 4.00. The van der Waals surface area contributed by atoms with E-state index in [1.165, 1.54) is 13.0 Å². The maximum atomic E-state index is 11.0. The van der Waals surface area contributed by atoms with Crippen LogP contribution in [0, 0.1) is 0 Å². The van der Waals surface area contributed by atoms with Crippen LogP contribution in [0.4, 0.5) is 5.69 Å². The number of furan rings is 1. The van der Waals surface area contributed by atoms with Crippen molar-refractivity contribution in [1.82, 2.24) is 0 Å². The predicted molar refractivity (Wildman–Crippen MR) is 66.9 cm³/mol. The predicted octanol–water partition coefficient (Wildman–Crippen LogP) is 2.65. The fourth-order valence-corrected chi connectivity index (χ4v) is 1.87. The van der Waals surface area contributed by atoms with E-state index >= 15 is 0 Å². The van der Waals surface area contributed by atoms with Crippen LogP contribution in [0.25, 0.3) is 11.0 Å². The number of carboxylic acid groups (broad SMARTS) is 1. The number of hydrogen-bond donors (Lipinski definition) is 2. The summed E-state index contributed by atoms with van der Waals surface area (Å²) in [5.41, 5.74) is 2.07. The SMILES string of the molecule is CCc1cc(NC(C)=O)cc2cc(C(=O)O)oc12. The zero-order chi connectivity index (χ0) is 13.3. The summed E-state index contributed by atoms with van der Waals surface area (Å²) >= 11 is 0. The van der Waals surface area contributed by atoms with E-state index in [-0.39, 0.29) is 11.7 Å². The van der Waals surface area contributed by atoms with Gasteiger partial charge in [-0.1, -0.05) is 6.92 Å². The molecule has 0 aliphatic rings. The molecular weight excluding hydrogens is 234 g/mol. The van der Waals surface area contributed by atoms with Crippen molar-refractivity contribution in [2.24, 2.45) is 0 Å². The average molecular weight is 247 g/mol. The largest absolute Gasteiger partial charge is 0.475 e. The maximum Gasteiger partial charge on any atom is 0.371 e. The smallest absolute Gasteiger partial charge is 0.371 e. The fraction of sp³-hybridized carbons (Fsp3) is 0.231. The molecule has 0 saturated carbocycles. The van der Waals surface area contributed by atoms with Gasteiger partial charge in [0.25, 0.3) is 0 Å². The molecule has 0 radical (unpaired) electrons. The van der Waals surface area contributed by atoms with Gasteiger partial charge in [0, 0.05) is 18.0 Å². The summed E-state index contributed by atoms with van der Waals surface area (Å²) in [6, 6.07) is 4.95. The molecule has 94 valence electrons. The third-order valence-electron chi connectivity index (χ3n) is 2.61. The van der Waals surface area contributed by atoms with Gasteiger partial charge in [-0.2, -0.15) is 0 Å². The van der Waals surface area contributed by atoms with Crippen LogP contribution in [0.1, 0.15) is 30.0 Å². The Morgan fingerprint density at radius 2 is 2.06 bits per heavy atom. The standard InChI is InChI=1S/C13H13NO4/c1-3-8-4-10(14-7(2)15)5-9-6-11(13(16)17)18-12(8)9/h4-6H,3H2,1-2H3,(H,14,15)(H,16,17). The first-order chi connectivity index (χ1) is 8.51. The van der Waals surface area contributed by atoms with E-state index in [0.717, 1.165) is 5.56 Å². The molecule has 1 aromatic carbocycles. The number of aromatic carboxylic acids is 1. The van der Waals surface area contributed by atoms with Gasteiger partial charge in [0.05, 0.1) is 0 Å². The van der Waals surface area contributed by atoms with Crippen molar-refractivity contribution in [3.8, 4) is 0 Å². The third kappa shape index (κ3) is 2.20. The van der Waals surface area contributed by atoms with Crippen molar-refractivity contribution in [2.45, 2.75) is 20.3 Å². The maximum absolute atomic E-state index is 11.0. The van der Waals surface area contributed by atoms with E-state index < -0.39 is 5.97 Å². The molecule has 0 saturated heterocycles. The van der Waals surface area contributed by atoms with Gasteiger partial charge in [0.1, 0.15) is 5.58 Å². The fourth-order valence-electron chi connectivity index (χ4n) is 1.87. The number of anilines is 1. The number of fused-ring (bicyclic) bond motifs is 1. The Hall–Kier alpha value is -2.30. The molecule has 2 N–H and O–H groups in total. The third-order valence-corrected chi connectivity index (χ3v) is 2.61. The summed E-state index contributed by atoms with van der Waals surface area (Å²) in [5, 5.41) is 12.3. The lowest BCUT2D eigenvalue weighted by molar-refractivity contribution is -0.114. The van der Waals surface area contributed by atoms with Crippen LogP contribution in [-0.4, -0.2) is 17.0 Å². The van der Waals surface area contributed by atoms with Crippen LogP contribution >= 0.6 is 0 Å². The zero-order valence-corrected chi connectivity index (χ0v) is 10.1. The number of rotatable bonds is 3. The van der Waals surface area contributed by atoms with E-state index in [1.807, 2.05) is 6.92 Å². The molecule has 0 aliphatic heterocycles. The van der Waals surface area contributed by atoms with Gasteiger partial charge in [-0.05, 0) is 30.2 Å². The van der Waals surface area contributed by atoms with Gasteiger partial charge in [-0.3, -0.25) is 4.79 Å². The quantitative estimate of drug-likeness (QED) is 0.873. The number of nitrogens with one attached hydrogen (secondary N) is 1. The van der Waals surface area contributed by atoms with Crippen molar-refractivity contribution in [3.63, 3.8) is 0 Å². The van der Waals surface area contributed by atoms with Gasteiger partial charge in [0.2, 0.25) is 11.7 Å². The van der Waals surface area contributed by atoms with Crippen LogP contribution in [0.2, 0.25) is 0 Å². The number of amides is 1.